The maximum atomic E-state index is 13.1. The number of hydrogen-bond donors (Lipinski definition) is 2. The third-order valence-electron chi connectivity index (χ3n) is 1.89. The van der Waals surface area contributed by atoms with Crippen molar-refractivity contribution in [3.05, 3.63) is 29.8 Å². The number of amides is 1. The number of nitrogens with one attached hydrogen (secondary N) is 1. The fourth-order valence-corrected chi connectivity index (χ4v) is 1.05. The molecule has 0 fully saturated rings. The second-order valence-corrected chi connectivity index (χ2v) is 3.10. The first-order valence-electron chi connectivity index (χ1n) is 4.50. The maximum Gasteiger partial charge on any atom is 0.242 e. The van der Waals surface area contributed by atoms with Gasteiger partial charge in [0.2, 0.25) is 5.91 Å². The van der Waals surface area contributed by atoms with E-state index in [1.54, 1.807) is 0 Å². The largest absolute Gasteiger partial charge is 0.320 e. The molecule has 0 aliphatic rings. The molecule has 5 heteroatoms. The van der Waals surface area contributed by atoms with Crippen LogP contribution in [0, 0.1) is 24.0 Å². The van der Waals surface area contributed by atoms with E-state index in [9.17, 15) is 13.6 Å². The number of rotatable bonds is 3. The quantitative estimate of drug-likeness (QED) is 0.759. The molecule has 1 unspecified atom stereocenters. The lowest BCUT2D eigenvalue weighted by Crippen LogP contribution is -2.35. The van der Waals surface area contributed by atoms with Crippen LogP contribution in [-0.4, -0.2) is 11.9 Å². The molecule has 3 N–H and O–H groups in total. The van der Waals surface area contributed by atoms with Gasteiger partial charge in [-0.05, 0) is 12.1 Å². The minimum absolute atomic E-state index is 0.00189. The van der Waals surface area contributed by atoms with Gasteiger partial charge in [-0.15, -0.1) is 12.3 Å². The number of para-hydroxylation sites is 1. The number of halogens is 2. The van der Waals surface area contributed by atoms with E-state index in [1.165, 1.54) is 6.07 Å². The van der Waals surface area contributed by atoms with Crippen LogP contribution in [0.5, 0.6) is 0 Å². The van der Waals surface area contributed by atoms with Gasteiger partial charge >= 0.3 is 0 Å². The van der Waals surface area contributed by atoms with Gasteiger partial charge in [0.15, 0.2) is 0 Å². The van der Waals surface area contributed by atoms with E-state index in [-0.39, 0.29) is 6.42 Å². The van der Waals surface area contributed by atoms with Crippen LogP contribution in [0.15, 0.2) is 18.2 Å². The number of anilines is 1. The Balaban J connectivity index is 2.82. The third kappa shape index (κ3) is 2.78. The highest BCUT2D eigenvalue weighted by atomic mass is 19.1. The van der Waals surface area contributed by atoms with E-state index in [2.05, 4.69) is 11.2 Å². The summed E-state index contributed by atoms with van der Waals surface area (Å²) >= 11 is 0. The molecule has 1 amide bonds. The summed E-state index contributed by atoms with van der Waals surface area (Å²) in [4.78, 5) is 11.3. The van der Waals surface area contributed by atoms with E-state index < -0.39 is 29.3 Å². The average molecular weight is 224 g/mol. The number of hydrogen-bond acceptors (Lipinski definition) is 2. The Morgan fingerprint density at radius 2 is 2.06 bits per heavy atom. The molecule has 0 aliphatic heterocycles. The van der Waals surface area contributed by atoms with E-state index in [1.807, 2.05) is 0 Å². The fraction of sp³-hybridized carbons (Fsp3) is 0.182. The van der Waals surface area contributed by atoms with Crippen LogP contribution in [0.2, 0.25) is 0 Å². The summed E-state index contributed by atoms with van der Waals surface area (Å²) in [6, 6.07) is 2.28. The van der Waals surface area contributed by atoms with Crippen LogP contribution < -0.4 is 11.1 Å². The number of carbonyl (C=O) groups excluding carboxylic acids is 1. The average Bonchev–Trinajstić information content (AvgIpc) is 2.23. The summed E-state index contributed by atoms with van der Waals surface area (Å²) < 4.78 is 26.2. The van der Waals surface area contributed by atoms with Crippen molar-refractivity contribution in [2.24, 2.45) is 5.73 Å². The number of terminal acetylenes is 1. The Morgan fingerprint density at radius 1 is 1.50 bits per heavy atom. The molecule has 0 heterocycles. The highest BCUT2D eigenvalue weighted by Crippen LogP contribution is 2.17. The molecular weight excluding hydrogens is 214 g/mol. The highest BCUT2D eigenvalue weighted by molar-refractivity contribution is 5.95. The zero-order valence-electron chi connectivity index (χ0n) is 8.34. The van der Waals surface area contributed by atoms with Crippen LogP contribution in [0.25, 0.3) is 0 Å². The minimum atomic E-state index is -0.982. The van der Waals surface area contributed by atoms with Crippen molar-refractivity contribution in [3.63, 3.8) is 0 Å². The summed E-state index contributed by atoms with van der Waals surface area (Å²) in [6.45, 7) is 0. The van der Waals surface area contributed by atoms with Crippen LogP contribution in [-0.2, 0) is 4.79 Å². The SMILES string of the molecule is C#CCC(N)C(=O)Nc1c(F)cccc1F. The van der Waals surface area contributed by atoms with Gasteiger partial charge in [-0.25, -0.2) is 8.78 Å². The predicted octanol–water partition coefficient (Wildman–Crippen LogP) is 1.25. The normalized spacial score (nSPS) is 11.6. The zero-order valence-corrected chi connectivity index (χ0v) is 8.34. The second-order valence-electron chi connectivity index (χ2n) is 3.10. The molecule has 1 aromatic rings. The van der Waals surface area contributed by atoms with E-state index in [0.717, 1.165) is 12.1 Å². The lowest BCUT2D eigenvalue weighted by atomic mass is 10.2. The van der Waals surface area contributed by atoms with Gasteiger partial charge in [0.05, 0.1) is 6.04 Å². The summed E-state index contributed by atoms with van der Waals surface area (Å²) in [7, 11) is 0. The van der Waals surface area contributed by atoms with Crippen LogP contribution in [0.4, 0.5) is 14.5 Å². The lowest BCUT2D eigenvalue weighted by molar-refractivity contribution is -0.117. The molecule has 0 aliphatic carbocycles. The molecule has 16 heavy (non-hydrogen) atoms. The van der Waals surface area contributed by atoms with Crippen molar-refractivity contribution < 1.29 is 13.6 Å². The van der Waals surface area contributed by atoms with Crippen molar-refractivity contribution in [3.8, 4) is 12.3 Å². The minimum Gasteiger partial charge on any atom is -0.320 e. The molecule has 1 atom stereocenters. The molecule has 0 saturated carbocycles. The topological polar surface area (TPSA) is 55.1 Å². The summed E-state index contributed by atoms with van der Waals surface area (Å²) in [5, 5.41) is 2.05. The zero-order chi connectivity index (χ0) is 12.1. The lowest BCUT2D eigenvalue weighted by Gasteiger charge is -2.10. The smallest absolute Gasteiger partial charge is 0.242 e. The third-order valence-corrected chi connectivity index (χ3v) is 1.89. The number of nitrogens with two attached hydrogens (primary N) is 1. The van der Waals surface area contributed by atoms with Crippen LogP contribution >= 0.6 is 0 Å². The monoisotopic (exact) mass is 224 g/mol. The Morgan fingerprint density at radius 3 is 2.56 bits per heavy atom. The fourth-order valence-electron chi connectivity index (χ4n) is 1.05. The molecule has 1 rings (SSSR count). The maximum absolute atomic E-state index is 13.1. The van der Waals surface area contributed by atoms with Gasteiger partial charge in [0, 0.05) is 6.42 Å². The molecule has 0 spiro atoms. The standard InChI is InChI=1S/C11H10F2N2O/c1-2-4-9(14)11(16)15-10-7(12)5-3-6-8(10)13/h1,3,5-6,9H,4,14H2,(H,15,16). The van der Waals surface area contributed by atoms with Gasteiger partial charge in [-0.1, -0.05) is 6.07 Å². The van der Waals surface area contributed by atoms with Gasteiger partial charge in [-0.3, -0.25) is 4.79 Å². The highest BCUT2D eigenvalue weighted by Gasteiger charge is 2.16. The first-order valence-corrected chi connectivity index (χ1v) is 4.50. The number of carbonyl (C=O) groups is 1. The second kappa shape index (κ2) is 5.24. The Bertz CT molecular complexity index is 420. The number of benzene rings is 1. The Kier molecular flexibility index (Phi) is 3.97. The molecule has 0 radical (unpaired) electrons. The van der Waals surface area contributed by atoms with E-state index in [0.29, 0.717) is 0 Å². The summed E-state index contributed by atoms with van der Waals surface area (Å²) in [5.74, 6) is -0.250. The van der Waals surface area contributed by atoms with Gasteiger partial charge in [0.1, 0.15) is 17.3 Å². The molecule has 0 saturated heterocycles. The van der Waals surface area contributed by atoms with Crippen molar-refractivity contribution in [2.75, 3.05) is 5.32 Å². The summed E-state index contributed by atoms with van der Waals surface area (Å²) in [5.41, 5.74) is 4.86. The van der Waals surface area contributed by atoms with Gasteiger partial charge in [-0.2, -0.15) is 0 Å². The Hall–Kier alpha value is -1.93. The Labute approximate surface area is 91.6 Å². The predicted molar refractivity (Wildman–Crippen MR) is 56.4 cm³/mol. The van der Waals surface area contributed by atoms with Crippen LogP contribution in [0.3, 0.4) is 0 Å². The first kappa shape index (κ1) is 12.1. The summed E-state index contributed by atoms with van der Waals surface area (Å²) in [6.07, 6.45) is 4.96. The van der Waals surface area contributed by atoms with E-state index in [4.69, 9.17) is 12.2 Å². The molecule has 3 nitrogen and oxygen atoms in total. The van der Waals surface area contributed by atoms with Crippen molar-refractivity contribution >= 4 is 11.6 Å². The van der Waals surface area contributed by atoms with Crippen LogP contribution in [0.1, 0.15) is 6.42 Å². The van der Waals surface area contributed by atoms with Crippen molar-refractivity contribution in [2.45, 2.75) is 12.5 Å². The first-order chi connectivity index (χ1) is 7.56. The molecule has 0 bridgehead atoms. The van der Waals surface area contributed by atoms with Gasteiger partial charge in [0.25, 0.3) is 0 Å². The van der Waals surface area contributed by atoms with Gasteiger partial charge < -0.3 is 11.1 Å². The molecule has 1 aromatic carbocycles. The van der Waals surface area contributed by atoms with E-state index >= 15 is 0 Å². The molecular formula is C11H10F2N2O. The van der Waals surface area contributed by atoms with Crippen molar-refractivity contribution in [1.82, 2.24) is 0 Å². The molecule has 0 aromatic heterocycles. The molecule has 84 valence electrons. The van der Waals surface area contributed by atoms with Crippen molar-refractivity contribution in [1.29, 1.82) is 0 Å².